The lowest BCUT2D eigenvalue weighted by Crippen LogP contribution is -2.13. The van der Waals surface area contributed by atoms with Crippen molar-refractivity contribution in [1.29, 1.82) is 0 Å². The smallest absolute Gasteiger partial charge is 0.270 e. The number of nitrogens with zero attached hydrogens (tertiary/aromatic N) is 4. The van der Waals surface area contributed by atoms with E-state index in [0.29, 0.717) is 12.1 Å². The van der Waals surface area contributed by atoms with E-state index in [-0.39, 0.29) is 5.69 Å². The van der Waals surface area contributed by atoms with E-state index in [2.05, 4.69) is 33.0 Å². The Labute approximate surface area is 213 Å². The van der Waals surface area contributed by atoms with E-state index in [9.17, 15) is 10.1 Å². The van der Waals surface area contributed by atoms with Gasteiger partial charge in [0, 0.05) is 56.8 Å². The van der Waals surface area contributed by atoms with E-state index in [1.54, 1.807) is 23.0 Å². The molecule has 0 amide bonds. The molecule has 5 aromatic rings. The molecule has 0 atom stereocenters. The molecule has 0 spiro atoms. The molecule has 0 radical (unpaired) electrons. The maximum atomic E-state index is 11.3. The quantitative estimate of drug-likeness (QED) is 0.146. The fourth-order valence-corrected chi connectivity index (χ4v) is 4.99. The average molecular weight is 546 g/mol. The van der Waals surface area contributed by atoms with Crippen molar-refractivity contribution >= 4 is 50.1 Å². The van der Waals surface area contributed by atoms with Gasteiger partial charge in [0.2, 0.25) is 4.80 Å². The number of nitrogens with one attached hydrogen (secondary N) is 1. The zero-order chi connectivity index (χ0) is 24.2. The summed E-state index contributed by atoms with van der Waals surface area (Å²) in [4.78, 5) is 19.7. The second kappa shape index (κ2) is 10.2. The highest BCUT2D eigenvalue weighted by Gasteiger charge is 2.12. The van der Waals surface area contributed by atoms with Gasteiger partial charge in [-0.1, -0.05) is 58.4 Å². The van der Waals surface area contributed by atoms with Crippen LogP contribution >= 0.6 is 27.3 Å². The first-order valence-corrected chi connectivity index (χ1v) is 12.6. The summed E-state index contributed by atoms with van der Waals surface area (Å²) >= 11 is 4.99. The largest absolute Gasteiger partial charge is 0.361 e. The third-order valence-electron chi connectivity index (χ3n) is 5.52. The maximum absolute atomic E-state index is 11.3. The number of H-pyrrole nitrogens is 1. The number of aromatic amines is 1. The van der Waals surface area contributed by atoms with Gasteiger partial charge < -0.3 is 4.98 Å². The average Bonchev–Trinajstić information content (AvgIpc) is 3.47. The first-order valence-electron chi connectivity index (χ1n) is 10.9. The number of non-ortho nitro benzene ring substituents is 1. The summed E-state index contributed by atoms with van der Waals surface area (Å²) < 4.78 is 2.74. The highest BCUT2D eigenvalue weighted by atomic mass is 79.9. The van der Waals surface area contributed by atoms with Gasteiger partial charge in [0.25, 0.3) is 5.69 Å². The van der Waals surface area contributed by atoms with Gasteiger partial charge in [-0.2, -0.15) is 5.10 Å². The first-order chi connectivity index (χ1) is 17.1. The molecule has 3 aromatic carbocycles. The molecule has 35 heavy (non-hydrogen) atoms. The molecule has 7 nitrogen and oxygen atoms in total. The van der Waals surface area contributed by atoms with Crippen LogP contribution in [0.2, 0.25) is 0 Å². The lowest BCUT2D eigenvalue weighted by Gasteiger charge is -2.04. The number of nitro benzene ring substituents is 1. The molecule has 0 fully saturated rings. The van der Waals surface area contributed by atoms with Crippen LogP contribution in [0.4, 0.5) is 5.69 Å². The van der Waals surface area contributed by atoms with E-state index in [1.165, 1.54) is 23.0 Å². The van der Waals surface area contributed by atoms with Gasteiger partial charge in [0.15, 0.2) is 0 Å². The molecule has 9 heteroatoms. The van der Waals surface area contributed by atoms with Crippen molar-refractivity contribution in [3.05, 3.63) is 115 Å². The second-order valence-electron chi connectivity index (χ2n) is 7.82. The molecule has 2 heterocycles. The Kier molecular flexibility index (Phi) is 6.69. The minimum absolute atomic E-state index is 0.0354. The van der Waals surface area contributed by atoms with Crippen molar-refractivity contribution in [1.82, 2.24) is 9.66 Å². The number of aromatic nitrogens is 2. The van der Waals surface area contributed by atoms with Crippen LogP contribution in [0.15, 0.2) is 98.9 Å². The third-order valence-corrected chi connectivity index (χ3v) is 6.86. The van der Waals surface area contributed by atoms with Crippen LogP contribution in [0.25, 0.3) is 22.2 Å². The number of rotatable bonds is 7. The van der Waals surface area contributed by atoms with Crippen LogP contribution in [-0.4, -0.2) is 27.3 Å². The van der Waals surface area contributed by atoms with Crippen LogP contribution in [0.5, 0.6) is 0 Å². The van der Waals surface area contributed by atoms with E-state index < -0.39 is 4.92 Å². The van der Waals surface area contributed by atoms with Crippen molar-refractivity contribution in [3.63, 3.8) is 0 Å². The highest BCUT2D eigenvalue weighted by molar-refractivity contribution is 9.10. The number of halogens is 1. The minimum Gasteiger partial charge on any atom is -0.361 e. The van der Waals surface area contributed by atoms with Crippen molar-refractivity contribution in [2.45, 2.75) is 6.42 Å². The van der Waals surface area contributed by atoms with Gasteiger partial charge in [-0.15, -0.1) is 11.3 Å². The van der Waals surface area contributed by atoms with Gasteiger partial charge in [0.1, 0.15) is 0 Å². The number of hydrogen-bond acceptors (Lipinski definition) is 5. The molecule has 0 bridgehead atoms. The zero-order valence-electron chi connectivity index (χ0n) is 18.5. The molecule has 174 valence electrons. The van der Waals surface area contributed by atoms with Crippen LogP contribution in [0, 0.1) is 10.1 Å². The number of benzene rings is 3. The lowest BCUT2D eigenvalue weighted by molar-refractivity contribution is -0.384. The highest BCUT2D eigenvalue weighted by Crippen LogP contribution is 2.25. The topological polar surface area (TPSA) is 88.6 Å². The summed E-state index contributed by atoms with van der Waals surface area (Å²) in [6.07, 6.45) is 4.51. The van der Waals surface area contributed by atoms with Crippen molar-refractivity contribution in [2.75, 3.05) is 6.54 Å². The summed E-state index contributed by atoms with van der Waals surface area (Å²) in [6.45, 7) is 0.606. The number of nitro groups is 1. The molecule has 0 aliphatic heterocycles. The summed E-state index contributed by atoms with van der Waals surface area (Å²) in [6, 6.07) is 22.8. The van der Waals surface area contributed by atoms with Gasteiger partial charge in [0.05, 0.1) is 16.8 Å². The Bertz CT molecular complexity index is 1600. The SMILES string of the molecule is O=[N+]([O-])c1cccc(-c2csc(=NCCc3ccccc3)n2N=Cc2c[nH]c3ccc(Br)cc23)c1. The maximum Gasteiger partial charge on any atom is 0.270 e. The van der Waals surface area contributed by atoms with Crippen LogP contribution < -0.4 is 4.80 Å². The second-order valence-corrected chi connectivity index (χ2v) is 9.57. The van der Waals surface area contributed by atoms with Crippen molar-refractivity contribution < 1.29 is 4.92 Å². The molecule has 0 saturated heterocycles. The molecule has 1 N–H and O–H groups in total. The fourth-order valence-electron chi connectivity index (χ4n) is 3.76. The molecule has 0 unspecified atom stereocenters. The molecular formula is C26H20BrN5O2S. The molecular weight excluding hydrogens is 526 g/mol. The van der Waals surface area contributed by atoms with Gasteiger partial charge in [-0.05, 0) is 30.2 Å². The van der Waals surface area contributed by atoms with Gasteiger partial charge in [-0.3, -0.25) is 15.1 Å². The van der Waals surface area contributed by atoms with E-state index in [0.717, 1.165) is 37.9 Å². The third kappa shape index (κ3) is 5.16. The molecule has 0 saturated carbocycles. The van der Waals surface area contributed by atoms with E-state index in [4.69, 9.17) is 10.1 Å². The molecule has 5 rings (SSSR count). The summed E-state index contributed by atoms with van der Waals surface area (Å²) in [5, 5.41) is 19.1. The Morgan fingerprint density at radius 2 is 1.94 bits per heavy atom. The molecule has 0 aliphatic rings. The Morgan fingerprint density at radius 1 is 1.09 bits per heavy atom. The monoisotopic (exact) mass is 545 g/mol. The summed E-state index contributed by atoms with van der Waals surface area (Å²) in [7, 11) is 0. The van der Waals surface area contributed by atoms with E-state index in [1.807, 2.05) is 54.0 Å². The number of hydrogen-bond donors (Lipinski definition) is 1. The van der Waals surface area contributed by atoms with Gasteiger partial charge >= 0.3 is 0 Å². The predicted molar refractivity (Wildman–Crippen MR) is 144 cm³/mol. The summed E-state index contributed by atoms with van der Waals surface area (Å²) in [5.74, 6) is 0. The Morgan fingerprint density at radius 3 is 2.77 bits per heavy atom. The molecule has 0 aliphatic carbocycles. The minimum atomic E-state index is -0.390. The van der Waals surface area contributed by atoms with Gasteiger partial charge in [-0.25, -0.2) is 4.68 Å². The zero-order valence-corrected chi connectivity index (χ0v) is 20.9. The number of fused-ring (bicyclic) bond motifs is 1. The summed E-state index contributed by atoms with van der Waals surface area (Å²) in [5.41, 5.74) is 4.64. The normalized spacial score (nSPS) is 12.1. The fraction of sp³-hybridized carbons (Fsp3) is 0.0769. The van der Waals surface area contributed by atoms with Crippen molar-refractivity contribution in [2.24, 2.45) is 10.1 Å². The molecule has 2 aromatic heterocycles. The van der Waals surface area contributed by atoms with Crippen molar-refractivity contribution in [3.8, 4) is 11.3 Å². The van der Waals surface area contributed by atoms with Crippen LogP contribution in [-0.2, 0) is 6.42 Å². The Hall–Kier alpha value is -3.82. The standard InChI is InChI=1S/C26H20BrN5O2S/c27-21-9-10-24-23(14-21)20(15-29-24)16-30-31-25(19-7-4-8-22(13-19)32(33)34)17-35-26(31)28-12-11-18-5-2-1-3-6-18/h1-10,13-17,29H,11-12H2. The number of thiazole rings is 1. The van der Waals surface area contributed by atoms with Crippen LogP contribution in [0.3, 0.4) is 0 Å². The van der Waals surface area contributed by atoms with E-state index >= 15 is 0 Å². The predicted octanol–water partition coefficient (Wildman–Crippen LogP) is 6.39. The van der Waals surface area contributed by atoms with Crippen LogP contribution in [0.1, 0.15) is 11.1 Å². The first kappa shape index (κ1) is 22.9. The lowest BCUT2D eigenvalue weighted by atomic mass is 10.1. The Balaban J connectivity index is 1.55.